The van der Waals surface area contributed by atoms with Crippen LogP contribution in [-0.4, -0.2) is 36.3 Å². The number of nitrogens with zero attached hydrogens (tertiary/aromatic N) is 1. The van der Waals surface area contributed by atoms with Crippen molar-refractivity contribution in [3.8, 4) is 0 Å². The summed E-state index contributed by atoms with van der Waals surface area (Å²) in [6.45, 7) is 3.23. The van der Waals surface area contributed by atoms with E-state index in [2.05, 4.69) is 5.32 Å². The Balaban J connectivity index is 1.73. The van der Waals surface area contributed by atoms with E-state index < -0.39 is 0 Å². The fourth-order valence-corrected chi connectivity index (χ4v) is 3.26. The zero-order chi connectivity index (χ0) is 20.1. The van der Waals surface area contributed by atoms with Crippen molar-refractivity contribution in [2.75, 3.05) is 13.7 Å². The zero-order valence-electron chi connectivity index (χ0n) is 16.2. The number of hydrogen-bond donors (Lipinski definition) is 1. The van der Waals surface area contributed by atoms with Crippen molar-refractivity contribution in [2.45, 2.75) is 32.9 Å². The van der Waals surface area contributed by atoms with E-state index in [-0.39, 0.29) is 17.7 Å². The Bertz CT molecular complexity index is 907. The fourth-order valence-electron chi connectivity index (χ4n) is 3.26. The molecule has 2 aromatic carbocycles. The summed E-state index contributed by atoms with van der Waals surface area (Å²) in [6, 6.07) is 12.4. The lowest BCUT2D eigenvalue weighted by Crippen LogP contribution is -2.30. The number of benzene rings is 2. The summed E-state index contributed by atoms with van der Waals surface area (Å²) in [7, 11) is 1.63. The standard InChI is InChI=1S/C22H24N2O4/c1-3-4-11-24-21(26)18-10-9-15(12-19(18)22(24)27)20(25)23-13-16-7-5-6-8-17(16)14-28-2/h5-10,12H,3-4,11,13-14H2,1-2H3,(H,23,25). The highest BCUT2D eigenvalue weighted by Gasteiger charge is 2.35. The molecule has 1 aliphatic rings. The van der Waals surface area contributed by atoms with Crippen molar-refractivity contribution < 1.29 is 19.1 Å². The minimum Gasteiger partial charge on any atom is -0.380 e. The molecule has 0 spiro atoms. The topological polar surface area (TPSA) is 75.7 Å². The van der Waals surface area contributed by atoms with Crippen molar-refractivity contribution in [2.24, 2.45) is 0 Å². The minimum atomic E-state index is -0.325. The maximum absolute atomic E-state index is 12.6. The lowest BCUT2D eigenvalue weighted by Gasteiger charge is -2.12. The van der Waals surface area contributed by atoms with E-state index >= 15 is 0 Å². The third-order valence-corrected chi connectivity index (χ3v) is 4.83. The quantitative estimate of drug-likeness (QED) is 0.714. The normalized spacial score (nSPS) is 13.0. The van der Waals surface area contributed by atoms with Gasteiger partial charge >= 0.3 is 0 Å². The molecule has 0 atom stereocenters. The van der Waals surface area contributed by atoms with Gasteiger partial charge < -0.3 is 10.1 Å². The van der Waals surface area contributed by atoms with Crippen molar-refractivity contribution in [3.05, 3.63) is 70.3 Å². The van der Waals surface area contributed by atoms with Gasteiger partial charge in [-0.25, -0.2) is 0 Å². The number of ether oxygens (including phenoxy) is 1. The summed E-state index contributed by atoms with van der Waals surface area (Å²) in [6.07, 6.45) is 1.66. The largest absolute Gasteiger partial charge is 0.380 e. The Morgan fingerprint density at radius 3 is 2.46 bits per heavy atom. The molecule has 3 amide bonds. The fraction of sp³-hybridized carbons (Fsp3) is 0.318. The monoisotopic (exact) mass is 380 g/mol. The number of unbranched alkanes of at least 4 members (excludes halogenated alkanes) is 1. The molecule has 1 heterocycles. The second kappa shape index (κ2) is 8.80. The highest BCUT2D eigenvalue weighted by molar-refractivity contribution is 6.22. The molecule has 28 heavy (non-hydrogen) atoms. The van der Waals surface area contributed by atoms with Gasteiger partial charge in [-0.05, 0) is 35.7 Å². The summed E-state index contributed by atoms with van der Waals surface area (Å²) in [5.74, 6) is -0.898. The lowest BCUT2D eigenvalue weighted by molar-refractivity contribution is 0.0652. The van der Waals surface area contributed by atoms with Crippen LogP contribution in [0.2, 0.25) is 0 Å². The number of amides is 3. The van der Waals surface area contributed by atoms with E-state index in [1.165, 1.54) is 11.0 Å². The molecular formula is C22H24N2O4. The van der Waals surface area contributed by atoms with Crippen LogP contribution in [0.3, 0.4) is 0 Å². The highest BCUT2D eigenvalue weighted by Crippen LogP contribution is 2.24. The average molecular weight is 380 g/mol. The molecule has 3 rings (SSSR count). The first kappa shape index (κ1) is 19.8. The number of hydrogen-bond acceptors (Lipinski definition) is 4. The van der Waals surface area contributed by atoms with Crippen molar-refractivity contribution >= 4 is 17.7 Å². The molecule has 1 N–H and O–H groups in total. The Hall–Kier alpha value is -2.99. The molecule has 6 nitrogen and oxygen atoms in total. The number of carbonyl (C=O) groups excluding carboxylic acids is 3. The zero-order valence-corrected chi connectivity index (χ0v) is 16.2. The SMILES string of the molecule is CCCCN1C(=O)c2ccc(C(=O)NCc3ccccc3COC)cc2C1=O. The third-order valence-electron chi connectivity index (χ3n) is 4.83. The first-order valence-corrected chi connectivity index (χ1v) is 9.41. The van der Waals surface area contributed by atoms with E-state index in [9.17, 15) is 14.4 Å². The first-order valence-electron chi connectivity index (χ1n) is 9.41. The first-order chi connectivity index (χ1) is 13.6. The molecule has 0 aromatic heterocycles. The molecule has 0 saturated carbocycles. The van der Waals surface area contributed by atoms with E-state index in [4.69, 9.17) is 4.74 Å². The Labute approximate surface area is 164 Å². The van der Waals surface area contributed by atoms with Crippen LogP contribution in [0.1, 0.15) is 62.0 Å². The van der Waals surface area contributed by atoms with Gasteiger partial charge in [0.2, 0.25) is 0 Å². The third kappa shape index (κ3) is 3.97. The molecule has 0 aliphatic carbocycles. The average Bonchev–Trinajstić information content (AvgIpc) is 2.95. The molecule has 0 unspecified atom stereocenters. The Morgan fingerprint density at radius 2 is 1.75 bits per heavy atom. The van der Waals surface area contributed by atoms with Gasteiger partial charge in [0, 0.05) is 25.8 Å². The predicted octanol–water partition coefficient (Wildman–Crippen LogP) is 3.16. The molecule has 0 bridgehead atoms. The maximum Gasteiger partial charge on any atom is 0.261 e. The van der Waals surface area contributed by atoms with Crippen LogP contribution in [0, 0.1) is 0 Å². The molecule has 1 aliphatic heterocycles. The van der Waals surface area contributed by atoms with Crippen LogP contribution in [-0.2, 0) is 17.9 Å². The smallest absolute Gasteiger partial charge is 0.261 e. The van der Waals surface area contributed by atoms with E-state index in [0.717, 1.165) is 24.0 Å². The summed E-state index contributed by atoms with van der Waals surface area (Å²) < 4.78 is 5.18. The molecule has 2 aromatic rings. The summed E-state index contributed by atoms with van der Waals surface area (Å²) in [4.78, 5) is 38.8. The highest BCUT2D eigenvalue weighted by atomic mass is 16.5. The van der Waals surface area contributed by atoms with Gasteiger partial charge in [-0.15, -0.1) is 0 Å². The van der Waals surface area contributed by atoms with Gasteiger partial charge in [-0.1, -0.05) is 37.6 Å². The van der Waals surface area contributed by atoms with Crippen LogP contribution in [0.15, 0.2) is 42.5 Å². The van der Waals surface area contributed by atoms with Gasteiger partial charge in [0.15, 0.2) is 0 Å². The van der Waals surface area contributed by atoms with E-state index in [1.54, 1.807) is 19.2 Å². The summed E-state index contributed by atoms with van der Waals surface area (Å²) in [5.41, 5.74) is 3.00. The van der Waals surface area contributed by atoms with Gasteiger partial charge in [0.25, 0.3) is 17.7 Å². The number of nitrogens with one attached hydrogen (secondary N) is 1. The number of rotatable bonds is 8. The van der Waals surface area contributed by atoms with Gasteiger partial charge in [0.1, 0.15) is 0 Å². The second-order valence-corrected chi connectivity index (χ2v) is 6.76. The van der Waals surface area contributed by atoms with Crippen molar-refractivity contribution in [1.82, 2.24) is 10.2 Å². The van der Waals surface area contributed by atoms with Gasteiger partial charge in [-0.3, -0.25) is 19.3 Å². The van der Waals surface area contributed by atoms with Gasteiger partial charge in [-0.2, -0.15) is 0 Å². The van der Waals surface area contributed by atoms with Crippen molar-refractivity contribution in [1.29, 1.82) is 0 Å². The molecule has 0 fully saturated rings. The molecule has 0 radical (unpaired) electrons. The van der Waals surface area contributed by atoms with E-state index in [0.29, 0.717) is 36.4 Å². The van der Waals surface area contributed by atoms with Crippen LogP contribution >= 0.6 is 0 Å². The van der Waals surface area contributed by atoms with Crippen LogP contribution in [0.5, 0.6) is 0 Å². The lowest BCUT2D eigenvalue weighted by atomic mass is 10.0. The Morgan fingerprint density at radius 1 is 1.04 bits per heavy atom. The molecular weight excluding hydrogens is 356 g/mol. The van der Waals surface area contributed by atoms with Crippen molar-refractivity contribution in [3.63, 3.8) is 0 Å². The second-order valence-electron chi connectivity index (χ2n) is 6.76. The van der Waals surface area contributed by atoms with E-state index in [1.807, 2.05) is 31.2 Å². The maximum atomic E-state index is 12.6. The van der Waals surface area contributed by atoms with Crippen LogP contribution in [0.4, 0.5) is 0 Å². The number of methoxy groups -OCH3 is 1. The van der Waals surface area contributed by atoms with Crippen LogP contribution < -0.4 is 5.32 Å². The molecule has 6 heteroatoms. The van der Waals surface area contributed by atoms with Gasteiger partial charge in [0.05, 0.1) is 17.7 Å². The van der Waals surface area contributed by atoms with Crippen LogP contribution in [0.25, 0.3) is 0 Å². The number of fused-ring (bicyclic) bond motifs is 1. The predicted molar refractivity (Wildman–Crippen MR) is 105 cm³/mol. The summed E-state index contributed by atoms with van der Waals surface area (Å²) >= 11 is 0. The number of imide groups is 1. The Kier molecular flexibility index (Phi) is 6.21. The minimum absolute atomic E-state index is 0.283. The molecule has 0 saturated heterocycles. The number of carbonyl (C=O) groups is 3. The molecule has 146 valence electrons. The summed E-state index contributed by atoms with van der Waals surface area (Å²) in [5, 5.41) is 2.87.